The number of benzene rings is 2. The van der Waals surface area contributed by atoms with Crippen molar-refractivity contribution in [1.29, 1.82) is 0 Å². The van der Waals surface area contributed by atoms with Crippen LogP contribution < -0.4 is 10.1 Å². The van der Waals surface area contributed by atoms with Gasteiger partial charge >= 0.3 is 0 Å². The lowest BCUT2D eigenvalue weighted by atomic mass is 10.2. The van der Waals surface area contributed by atoms with Gasteiger partial charge in [-0.3, -0.25) is 0 Å². The number of halogens is 1. The van der Waals surface area contributed by atoms with Crippen LogP contribution in [0.1, 0.15) is 12.5 Å². The van der Waals surface area contributed by atoms with Gasteiger partial charge in [0.15, 0.2) is 0 Å². The lowest BCUT2D eigenvalue weighted by molar-refractivity contribution is 0.462. The van der Waals surface area contributed by atoms with Gasteiger partial charge in [-0.25, -0.2) is 0 Å². The molecule has 4 heteroatoms. The van der Waals surface area contributed by atoms with Crippen molar-refractivity contribution in [3.05, 3.63) is 53.1 Å². The molecule has 0 saturated carbocycles. The number of para-hydroxylation sites is 1. The molecule has 2 nitrogen and oxygen atoms in total. The zero-order chi connectivity index (χ0) is 14.4. The van der Waals surface area contributed by atoms with Crippen molar-refractivity contribution >= 4 is 23.4 Å². The van der Waals surface area contributed by atoms with Crippen molar-refractivity contribution in [2.75, 3.05) is 12.8 Å². The predicted octanol–water partition coefficient (Wildman–Crippen LogP) is 4.96. The molecule has 0 unspecified atom stereocenters. The van der Waals surface area contributed by atoms with Crippen molar-refractivity contribution in [2.24, 2.45) is 0 Å². The minimum atomic E-state index is 0.701. The molecule has 0 aliphatic heterocycles. The van der Waals surface area contributed by atoms with Crippen LogP contribution in [-0.2, 0) is 6.54 Å². The summed E-state index contributed by atoms with van der Waals surface area (Å²) in [5.41, 5.74) is 0.993. The summed E-state index contributed by atoms with van der Waals surface area (Å²) in [6, 6.07) is 13.8. The van der Waals surface area contributed by atoms with Gasteiger partial charge in [0.2, 0.25) is 0 Å². The molecule has 1 N–H and O–H groups in total. The molecule has 0 saturated heterocycles. The molecule has 0 atom stereocenters. The third kappa shape index (κ3) is 3.69. The van der Waals surface area contributed by atoms with Crippen LogP contribution in [0, 0.1) is 0 Å². The largest absolute Gasteiger partial charge is 0.456 e. The quantitative estimate of drug-likeness (QED) is 0.762. The van der Waals surface area contributed by atoms with E-state index in [4.69, 9.17) is 16.3 Å². The summed E-state index contributed by atoms with van der Waals surface area (Å²) in [5, 5.41) is 4.02. The normalized spacial score (nSPS) is 10.6. The molecule has 0 fully saturated rings. The van der Waals surface area contributed by atoms with Crippen molar-refractivity contribution in [2.45, 2.75) is 18.4 Å². The standard InChI is InChI=1S/C16H18ClNOS/c1-3-18-11-12-13(17)7-6-9-14(12)19-15-8-4-5-10-16(15)20-2/h4-10,18H,3,11H2,1-2H3. The molecule has 0 heterocycles. The molecule has 0 spiro atoms. The Morgan fingerprint density at radius 2 is 1.85 bits per heavy atom. The minimum Gasteiger partial charge on any atom is -0.456 e. The molecule has 0 amide bonds. The fourth-order valence-electron chi connectivity index (χ4n) is 1.88. The van der Waals surface area contributed by atoms with Crippen molar-refractivity contribution in [3.8, 4) is 11.5 Å². The fourth-order valence-corrected chi connectivity index (χ4v) is 2.64. The molecule has 0 bridgehead atoms. The Morgan fingerprint density at radius 3 is 2.60 bits per heavy atom. The third-order valence-electron chi connectivity index (χ3n) is 2.92. The molecule has 20 heavy (non-hydrogen) atoms. The van der Waals surface area contributed by atoms with Crippen LogP contribution in [0.5, 0.6) is 11.5 Å². The Kier molecular flexibility index (Phi) is 5.77. The van der Waals surface area contributed by atoms with E-state index in [9.17, 15) is 0 Å². The smallest absolute Gasteiger partial charge is 0.140 e. The first-order chi connectivity index (χ1) is 9.76. The first-order valence-corrected chi connectivity index (χ1v) is 8.15. The van der Waals surface area contributed by atoms with Crippen molar-refractivity contribution in [3.63, 3.8) is 0 Å². The van der Waals surface area contributed by atoms with E-state index in [1.807, 2.05) is 42.7 Å². The van der Waals surface area contributed by atoms with E-state index < -0.39 is 0 Å². The van der Waals surface area contributed by atoms with Gasteiger partial charge < -0.3 is 10.1 Å². The Bertz CT molecular complexity index is 574. The second-order valence-corrected chi connectivity index (χ2v) is 5.51. The molecule has 0 aliphatic carbocycles. The van der Waals surface area contributed by atoms with Crippen LogP contribution >= 0.6 is 23.4 Å². The number of hydrogen-bond acceptors (Lipinski definition) is 3. The van der Waals surface area contributed by atoms with Gasteiger partial charge in [-0.15, -0.1) is 11.8 Å². The summed E-state index contributed by atoms with van der Waals surface area (Å²) in [7, 11) is 0. The second kappa shape index (κ2) is 7.58. The predicted molar refractivity (Wildman–Crippen MR) is 87.1 cm³/mol. The summed E-state index contributed by atoms with van der Waals surface area (Å²) in [6.45, 7) is 3.67. The van der Waals surface area contributed by atoms with Gasteiger partial charge in [0.25, 0.3) is 0 Å². The number of nitrogens with one attached hydrogen (secondary N) is 1. The maximum Gasteiger partial charge on any atom is 0.140 e. The van der Waals surface area contributed by atoms with E-state index in [0.29, 0.717) is 6.54 Å². The third-order valence-corrected chi connectivity index (χ3v) is 4.05. The van der Waals surface area contributed by atoms with Crippen LogP contribution in [-0.4, -0.2) is 12.8 Å². The van der Waals surface area contributed by atoms with E-state index in [0.717, 1.165) is 33.5 Å². The number of hydrogen-bond donors (Lipinski definition) is 1. The Balaban J connectivity index is 2.30. The van der Waals surface area contributed by atoms with Gasteiger partial charge in [-0.2, -0.15) is 0 Å². The van der Waals surface area contributed by atoms with E-state index in [1.165, 1.54) is 0 Å². The maximum absolute atomic E-state index is 6.28. The molecule has 2 rings (SSSR count). The van der Waals surface area contributed by atoms with E-state index in [2.05, 4.69) is 18.3 Å². The number of ether oxygens (including phenoxy) is 1. The van der Waals surface area contributed by atoms with Crippen LogP contribution in [0.25, 0.3) is 0 Å². The summed E-state index contributed by atoms with van der Waals surface area (Å²) in [5.74, 6) is 1.67. The number of rotatable bonds is 6. The van der Waals surface area contributed by atoms with Crippen LogP contribution in [0.3, 0.4) is 0 Å². The van der Waals surface area contributed by atoms with Gasteiger partial charge in [0.05, 0.1) is 0 Å². The summed E-state index contributed by atoms with van der Waals surface area (Å²) in [6.07, 6.45) is 2.04. The zero-order valence-electron chi connectivity index (χ0n) is 11.7. The van der Waals surface area contributed by atoms with E-state index in [-0.39, 0.29) is 0 Å². The van der Waals surface area contributed by atoms with Crippen LogP contribution in [0.15, 0.2) is 47.4 Å². The first-order valence-electron chi connectivity index (χ1n) is 6.55. The molecule has 0 radical (unpaired) electrons. The lowest BCUT2D eigenvalue weighted by Gasteiger charge is -2.14. The highest BCUT2D eigenvalue weighted by Gasteiger charge is 2.10. The van der Waals surface area contributed by atoms with Crippen LogP contribution in [0.4, 0.5) is 0 Å². The second-order valence-electron chi connectivity index (χ2n) is 4.25. The summed E-state index contributed by atoms with van der Waals surface area (Å²) in [4.78, 5) is 1.11. The summed E-state index contributed by atoms with van der Waals surface area (Å²) >= 11 is 7.95. The maximum atomic E-state index is 6.28. The topological polar surface area (TPSA) is 21.3 Å². The monoisotopic (exact) mass is 307 g/mol. The first kappa shape index (κ1) is 15.2. The van der Waals surface area contributed by atoms with E-state index >= 15 is 0 Å². The molecular formula is C16H18ClNOS. The van der Waals surface area contributed by atoms with Gasteiger partial charge in [-0.1, -0.05) is 36.7 Å². The van der Waals surface area contributed by atoms with Gasteiger partial charge in [0, 0.05) is 22.0 Å². The average molecular weight is 308 g/mol. The molecule has 2 aromatic carbocycles. The van der Waals surface area contributed by atoms with Crippen molar-refractivity contribution in [1.82, 2.24) is 5.32 Å². The molecule has 0 aliphatic rings. The van der Waals surface area contributed by atoms with Gasteiger partial charge in [0.1, 0.15) is 11.5 Å². The fraction of sp³-hybridized carbons (Fsp3) is 0.250. The highest BCUT2D eigenvalue weighted by Crippen LogP contribution is 2.34. The number of thioether (sulfide) groups is 1. The summed E-state index contributed by atoms with van der Waals surface area (Å²) < 4.78 is 6.06. The molecular weight excluding hydrogens is 290 g/mol. The Morgan fingerprint density at radius 1 is 1.10 bits per heavy atom. The van der Waals surface area contributed by atoms with Gasteiger partial charge in [-0.05, 0) is 37.1 Å². The average Bonchev–Trinajstić information content (AvgIpc) is 2.47. The Labute approximate surface area is 129 Å². The molecule has 0 aromatic heterocycles. The zero-order valence-corrected chi connectivity index (χ0v) is 13.2. The SMILES string of the molecule is CCNCc1c(Cl)cccc1Oc1ccccc1SC. The molecule has 2 aromatic rings. The highest BCUT2D eigenvalue weighted by molar-refractivity contribution is 7.98. The Hall–Kier alpha value is -1.16. The van der Waals surface area contributed by atoms with E-state index in [1.54, 1.807) is 11.8 Å². The lowest BCUT2D eigenvalue weighted by Crippen LogP contribution is -2.12. The minimum absolute atomic E-state index is 0.701. The van der Waals surface area contributed by atoms with Crippen molar-refractivity contribution < 1.29 is 4.74 Å². The highest BCUT2D eigenvalue weighted by atomic mass is 35.5. The van der Waals surface area contributed by atoms with Crippen LogP contribution in [0.2, 0.25) is 5.02 Å². The molecule has 106 valence electrons.